The van der Waals surface area contributed by atoms with Crippen LogP contribution in [0.4, 0.5) is 10.5 Å². The van der Waals surface area contributed by atoms with E-state index >= 15 is 0 Å². The van der Waals surface area contributed by atoms with Crippen LogP contribution in [-0.2, 0) is 0 Å². The molecule has 2 aromatic carbocycles. The Bertz CT molecular complexity index is 781. The summed E-state index contributed by atoms with van der Waals surface area (Å²) in [5.74, 6) is -0.0912. The van der Waals surface area contributed by atoms with Crippen LogP contribution in [0.2, 0.25) is 0 Å². The number of nitrogens with zero attached hydrogens (tertiary/aromatic N) is 1. The van der Waals surface area contributed by atoms with Gasteiger partial charge in [0, 0.05) is 21.6 Å². The summed E-state index contributed by atoms with van der Waals surface area (Å²) in [5, 5.41) is 13.5. The minimum Gasteiger partial charge on any atom is -0.494 e. The standard InChI is InChI=1S/C15H11BrN2O2/c16-11-6-7-13-10(8-11)9-14(19)18(13)15(20)17-12-4-2-1-3-5-12/h1-9,19H,(H,17,20). The van der Waals surface area contributed by atoms with Crippen molar-refractivity contribution >= 4 is 38.6 Å². The van der Waals surface area contributed by atoms with Gasteiger partial charge in [-0.15, -0.1) is 0 Å². The molecule has 1 amide bonds. The second-order valence-electron chi connectivity index (χ2n) is 4.34. The van der Waals surface area contributed by atoms with E-state index in [0.717, 1.165) is 9.86 Å². The van der Waals surface area contributed by atoms with Crippen LogP contribution in [0.1, 0.15) is 0 Å². The van der Waals surface area contributed by atoms with Crippen molar-refractivity contribution in [2.75, 3.05) is 5.32 Å². The quantitative estimate of drug-likeness (QED) is 0.702. The Morgan fingerprint density at radius 1 is 1.10 bits per heavy atom. The summed E-state index contributed by atoms with van der Waals surface area (Å²) in [6.07, 6.45) is 0. The molecule has 0 saturated heterocycles. The van der Waals surface area contributed by atoms with E-state index in [2.05, 4.69) is 21.2 Å². The van der Waals surface area contributed by atoms with Crippen LogP contribution in [0.15, 0.2) is 59.1 Å². The van der Waals surface area contributed by atoms with Crippen LogP contribution in [0.3, 0.4) is 0 Å². The Labute approximate surface area is 123 Å². The van der Waals surface area contributed by atoms with Gasteiger partial charge in [0.15, 0.2) is 5.88 Å². The first-order valence-corrected chi connectivity index (χ1v) is 6.81. The fraction of sp³-hybridized carbons (Fsp3) is 0. The molecular formula is C15H11BrN2O2. The zero-order chi connectivity index (χ0) is 14.1. The molecular weight excluding hydrogens is 320 g/mol. The van der Waals surface area contributed by atoms with E-state index in [1.807, 2.05) is 30.3 Å². The number of fused-ring (bicyclic) bond motifs is 1. The lowest BCUT2D eigenvalue weighted by Crippen LogP contribution is -2.18. The Morgan fingerprint density at radius 3 is 2.60 bits per heavy atom. The van der Waals surface area contributed by atoms with E-state index in [-0.39, 0.29) is 5.88 Å². The molecule has 100 valence electrons. The number of carbonyl (C=O) groups excluding carboxylic acids is 1. The number of benzene rings is 2. The number of nitrogens with one attached hydrogen (secondary N) is 1. The summed E-state index contributed by atoms with van der Waals surface area (Å²) in [5.41, 5.74) is 1.33. The molecule has 4 nitrogen and oxygen atoms in total. The summed E-state index contributed by atoms with van der Waals surface area (Å²) in [7, 11) is 0. The molecule has 20 heavy (non-hydrogen) atoms. The van der Waals surface area contributed by atoms with E-state index in [0.29, 0.717) is 11.2 Å². The molecule has 0 aliphatic rings. The number of anilines is 1. The van der Waals surface area contributed by atoms with Gasteiger partial charge in [-0.25, -0.2) is 9.36 Å². The molecule has 0 atom stereocenters. The lowest BCUT2D eigenvalue weighted by Gasteiger charge is -2.08. The second-order valence-corrected chi connectivity index (χ2v) is 5.25. The molecule has 0 bridgehead atoms. The van der Waals surface area contributed by atoms with Gasteiger partial charge in [0.1, 0.15) is 0 Å². The number of halogens is 1. The molecule has 2 N–H and O–H groups in total. The lowest BCUT2D eigenvalue weighted by atomic mass is 10.2. The largest absolute Gasteiger partial charge is 0.494 e. The van der Waals surface area contributed by atoms with E-state index in [1.165, 1.54) is 4.57 Å². The smallest absolute Gasteiger partial charge is 0.333 e. The molecule has 3 aromatic rings. The molecule has 0 fully saturated rings. The Hall–Kier alpha value is -2.27. The molecule has 0 aliphatic carbocycles. The van der Waals surface area contributed by atoms with Crippen molar-refractivity contribution in [3.8, 4) is 5.88 Å². The number of hydrogen-bond acceptors (Lipinski definition) is 2. The zero-order valence-electron chi connectivity index (χ0n) is 10.4. The van der Waals surface area contributed by atoms with Gasteiger partial charge in [-0.2, -0.15) is 0 Å². The summed E-state index contributed by atoms with van der Waals surface area (Å²) < 4.78 is 2.14. The minimum absolute atomic E-state index is 0.0912. The average Bonchev–Trinajstić information content (AvgIpc) is 2.74. The third kappa shape index (κ3) is 2.28. The summed E-state index contributed by atoms with van der Waals surface area (Å²) in [6.45, 7) is 0. The van der Waals surface area contributed by atoms with Gasteiger partial charge in [0.2, 0.25) is 0 Å². The van der Waals surface area contributed by atoms with Crippen LogP contribution in [0.5, 0.6) is 5.88 Å². The third-order valence-electron chi connectivity index (χ3n) is 2.97. The maximum Gasteiger partial charge on any atom is 0.333 e. The van der Waals surface area contributed by atoms with Gasteiger partial charge in [-0.1, -0.05) is 34.1 Å². The normalized spacial score (nSPS) is 10.7. The van der Waals surface area contributed by atoms with Crippen molar-refractivity contribution < 1.29 is 9.90 Å². The molecule has 0 spiro atoms. The fourth-order valence-electron chi connectivity index (χ4n) is 2.09. The predicted molar refractivity (Wildman–Crippen MR) is 82.2 cm³/mol. The molecule has 0 unspecified atom stereocenters. The van der Waals surface area contributed by atoms with Gasteiger partial charge < -0.3 is 10.4 Å². The predicted octanol–water partition coefficient (Wildman–Crippen LogP) is 4.19. The molecule has 0 aliphatic heterocycles. The summed E-state index contributed by atoms with van der Waals surface area (Å²) in [6, 6.07) is 15.7. The zero-order valence-corrected chi connectivity index (χ0v) is 12.0. The summed E-state index contributed by atoms with van der Waals surface area (Å²) in [4.78, 5) is 12.3. The molecule has 1 heterocycles. The maximum atomic E-state index is 12.3. The SMILES string of the molecule is O=C(Nc1ccccc1)n1c(O)cc2cc(Br)ccc21. The fourth-order valence-corrected chi connectivity index (χ4v) is 2.46. The number of hydrogen-bond donors (Lipinski definition) is 2. The van der Waals surface area contributed by atoms with Gasteiger partial charge >= 0.3 is 6.03 Å². The Morgan fingerprint density at radius 2 is 1.85 bits per heavy atom. The Kier molecular flexibility index (Phi) is 3.20. The van der Waals surface area contributed by atoms with Crippen LogP contribution < -0.4 is 5.32 Å². The van der Waals surface area contributed by atoms with Crippen molar-refractivity contribution in [3.05, 3.63) is 59.1 Å². The topological polar surface area (TPSA) is 54.3 Å². The monoisotopic (exact) mass is 330 g/mol. The highest BCUT2D eigenvalue weighted by atomic mass is 79.9. The highest BCUT2D eigenvalue weighted by Crippen LogP contribution is 2.27. The molecule has 0 radical (unpaired) electrons. The first-order chi connectivity index (χ1) is 9.65. The minimum atomic E-state index is -0.397. The molecule has 1 aromatic heterocycles. The average molecular weight is 331 g/mol. The molecule has 0 saturated carbocycles. The van der Waals surface area contributed by atoms with Crippen molar-refractivity contribution in [1.82, 2.24) is 4.57 Å². The second kappa shape index (κ2) is 5.02. The van der Waals surface area contributed by atoms with E-state index in [4.69, 9.17) is 0 Å². The van der Waals surface area contributed by atoms with Crippen molar-refractivity contribution in [3.63, 3.8) is 0 Å². The van der Waals surface area contributed by atoms with Crippen LogP contribution in [-0.4, -0.2) is 15.7 Å². The van der Waals surface area contributed by atoms with Gasteiger partial charge in [-0.05, 0) is 30.3 Å². The summed E-state index contributed by atoms with van der Waals surface area (Å²) >= 11 is 3.37. The highest BCUT2D eigenvalue weighted by molar-refractivity contribution is 9.10. The van der Waals surface area contributed by atoms with Gasteiger partial charge in [-0.3, -0.25) is 0 Å². The number of carbonyl (C=O) groups is 1. The van der Waals surface area contributed by atoms with Crippen molar-refractivity contribution in [1.29, 1.82) is 0 Å². The Balaban J connectivity index is 2.01. The van der Waals surface area contributed by atoms with Gasteiger partial charge in [0.05, 0.1) is 5.52 Å². The number of rotatable bonds is 1. The first kappa shape index (κ1) is 12.7. The number of para-hydroxylation sites is 1. The lowest BCUT2D eigenvalue weighted by molar-refractivity contribution is 0.251. The van der Waals surface area contributed by atoms with E-state index in [1.54, 1.807) is 24.3 Å². The maximum absolute atomic E-state index is 12.3. The van der Waals surface area contributed by atoms with Crippen molar-refractivity contribution in [2.24, 2.45) is 0 Å². The number of amides is 1. The van der Waals surface area contributed by atoms with Crippen LogP contribution in [0, 0.1) is 0 Å². The van der Waals surface area contributed by atoms with E-state index in [9.17, 15) is 9.90 Å². The van der Waals surface area contributed by atoms with Crippen LogP contribution >= 0.6 is 15.9 Å². The number of aromatic nitrogens is 1. The molecule has 5 heteroatoms. The first-order valence-electron chi connectivity index (χ1n) is 6.01. The van der Waals surface area contributed by atoms with Crippen LogP contribution in [0.25, 0.3) is 10.9 Å². The molecule has 3 rings (SSSR count). The number of aromatic hydroxyl groups is 1. The third-order valence-corrected chi connectivity index (χ3v) is 3.47. The van der Waals surface area contributed by atoms with Crippen molar-refractivity contribution in [2.45, 2.75) is 0 Å². The van der Waals surface area contributed by atoms with Gasteiger partial charge in [0.25, 0.3) is 0 Å². The van der Waals surface area contributed by atoms with E-state index < -0.39 is 6.03 Å². The highest BCUT2D eigenvalue weighted by Gasteiger charge is 2.14.